The number of benzene rings is 1. The Morgan fingerprint density at radius 2 is 1.83 bits per heavy atom. The highest BCUT2D eigenvalue weighted by molar-refractivity contribution is 7.90. The minimum Gasteiger partial charge on any atom is -0.265 e. The third-order valence-electron chi connectivity index (χ3n) is 3.19. The lowest BCUT2D eigenvalue weighted by molar-refractivity contribution is 0.503. The van der Waals surface area contributed by atoms with Crippen molar-refractivity contribution in [2.45, 2.75) is 11.8 Å². The first-order chi connectivity index (χ1) is 10.9. The number of pyridine rings is 1. The van der Waals surface area contributed by atoms with Gasteiger partial charge in [0.2, 0.25) is 0 Å². The highest BCUT2D eigenvalue weighted by Crippen LogP contribution is 2.33. The third kappa shape index (κ3) is 2.68. The monoisotopic (exact) mass is 338 g/mol. The second kappa shape index (κ2) is 5.67. The van der Waals surface area contributed by atoms with Crippen LogP contribution in [-0.2, 0) is 10.0 Å². The number of sulfonamides is 1. The summed E-state index contributed by atoms with van der Waals surface area (Å²) in [5, 5.41) is 1.33. The van der Waals surface area contributed by atoms with Crippen molar-refractivity contribution in [3.8, 4) is 0 Å². The van der Waals surface area contributed by atoms with Gasteiger partial charge in [0.15, 0.2) is 17.5 Å². The molecule has 1 N–H and O–H groups in total. The summed E-state index contributed by atoms with van der Waals surface area (Å²) in [6.07, 6.45) is 2.96. The molecule has 6 nitrogen and oxygen atoms in total. The van der Waals surface area contributed by atoms with Gasteiger partial charge in [-0.1, -0.05) is 6.92 Å². The highest BCUT2D eigenvalue weighted by atomic mass is 32.2. The number of nitrogens with one attached hydrogen (secondary N) is 1. The quantitative estimate of drug-likeness (QED) is 0.924. The molecule has 23 heavy (non-hydrogen) atoms. The zero-order chi connectivity index (χ0) is 16.6. The van der Waals surface area contributed by atoms with E-state index in [2.05, 4.69) is 14.8 Å². The summed E-state index contributed by atoms with van der Waals surface area (Å²) in [7, 11) is -4.15. The standard InChI is InChI=1S/C14H12F2N4O2S/c1-2-18-20-12-7-10(15)11(16)8-13(12)23(21,22)19-14(20)9-3-5-17-6-4-9/h3-8,18H,2H2,1H3. The minimum absolute atomic E-state index is 0.0208. The molecule has 1 aromatic carbocycles. The molecular weight excluding hydrogens is 326 g/mol. The fourth-order valence-electron chi connectivity index (χ4n) is 2.22. The SMILES string of the molecule is CCNN1C(c2ccncc2)=NS(=O)(=O)c2cc(F)c(F)cc21. The largest absolute Gasteiger partial charge is 0.286 e. The molecule has 0 fully saturated rings. The number of rotatable bonds is 3. The van der Waals surface area contributed by atoms with Crippen molar-refractivity contribution < 1.29 is 17.2 Å². The van der Waals surface area contributed by atoms with E-state index in [-0.39, 0.29) is 11.5 Å². The molecule has 1 aliphatic rings. The van der Waals surface area contributed by atoms with Crippen molar-refractivity contribution in [1.29, 1.82) is 0 Å². The first-order valence-electron chi connectivity index (χ1n) is 6.72. The van der Waals surface area contributed by atoms with Crippen LogP contribution in [0.15, 0.2) is 46.0 Å². The van der Waals surface area contributed by atoms with Crippen LogP contribution in [-0.4, -0.2) is 25.8 Å². The lowest BCUT2D eigenvalue weighted by Crippen LogP contribution is -2.46. The maximum absolute atomic E-state index is 13.6. The van der Waals surface area contributed by atoms with Crippen molar-refractivity contribution >= 4 is 21.5 Å². The lowest BCUT2D eigenvalue weighted by Gasteiger charge is -2.30. The normalized spacial score (nSPS) is 16.0. The second-order valence-electron chi connectivity index (χ2n) is 4.71. The predicted octanol–water partition coefficient (Wildman–Crippen LogP) is 1.84. The van der Waals surface area contributed by atoms with Crippen LogP contribution in [0.2, 0.25) is 0 Å². The number of hydrogen-bond donors (Lipinski definition) is 1. The number of anilines is 1. The molecule has 120 valence electrons. The summed E-state index contributed by atoms with van der Waals surface area (Å²) >= 11 is 0. The van der Waals surface area contributed by atoms with Crippen LogP contribution in [0.3, 0.4) is 0 Å². The van der Waals surface area contributed by atoms with Crippen molar-refractivity contribution in [3.63, 3.8) is 0 Å². The Kier molecular flexibility index (Phi) is 3.82. The number of halogens is 2. The van der Waals surface area contributed by atoms with E-state index in [1.54, 1.807) is 19.1 Å². The number of fused-ring (bicyclic) bond motifs is 1. The van der Waals surface area contributed by atoms with Gasteiger partial charge in [-0.15, -0.1) is 4.40 Å². The Balaban J connectivity index is 2.27. The summed E-state index contributed by atoms with van der Waals surface area (Å²) in [5.74, 6) is -2.32. The Bertz CT molecular complexity index is 885. The Labute approximate surface area is 131 Å². The number of hydrazine groups is 1. The maximum Gasteiger partial charge on any atom is 0.286 e. The third-order valence-corrected chi connectivity index (χ3v) is 4.49. The van der Waals surface area contributed by atoms with Gasteiger partial charge in [-0.05, 0) is 18.2 Å². The first kappa shape index (κ1) is 15.5. The zero-order valence-electron chi connectivity index (χ0n) is 12.0. The average molecular weight is 338 g/mol. The molecule has 0 unspecified atom stereocenters. The van der Waals surface area contributed by atoms with Gasteiger partial charge in [-0.3, -0.25) is 9.99 Å². The van der Waals surface area contributed by atoms with Crippen molar-refractivity contribution in [2.75, 3.05) is 11.6 Å². The van der Waals surface area contributed by atoms with Crippen LogP contribution in [0.25, 0.3) is 0 Å². The Morgan fingerprint density at radius 3 is 2.48 bits per heavy atom. The lowest BCUT2D eigenvalue weighted by atomic mass is 10.2. The molecule has 0 saturated carbocycles. The molecule has 0 radical (unpaired) electrons. The fraction of sp³-hybridized carbons (Fsp3) is 0.143. The molecule has 2 heterocycles. The molecule has 0 spiro atoms. The van der Waals surface area contributed by atoms with E-state index >= 15 is 0 Å². The molecule has 1 aliphatic heterocycles. The Morgan fingerprint density at radius 1 is 1.17 bits per heavy atom. The summed E-state index contributed by atoms with van der Waals surface area (Å²) in [4.78, 5) is 3.47. The number of hydrogen-bond acceptors (Lipinski definition) is 5. The van der Waals surface area contributed by atoms with E-state index in [1.165, 1.54) is 17.4 Å². The second-order valence-corrected chi connectivity index (χ2v) is 6.28. The van der Waals surface area contributed by atoms with Crippen LogP contribution in [0.4, 0.5) is 14.5 Å². The molecule has 0 saturated heterocycles. The van der Waals surface area contributed by atoms with Crippen LogP contribution < -0.4 is 10.4 Å². The van der Waals surface area contributed by atoms with Crippen LogP contribution >= 0.6 is 0 Å². The van der Waals surface area contributed by atoms with E-state index < -0.39 is 26.6 Å². The van der Waals surface area contributed by atoms with Crippen LogP contribution in [0.1, 0.15) is 12.5 Å². The average Bonchev–Trinajstić information content (AvgIpc) is 2.53. The molecule has 1 aromatic heterocycles. The molecule has 0 atom stereocenters. The van der Waals surface area contributed by atoms with E-state index in [0.29, 0.717) is 18.2 Å². The van der Waals surface area contributed by atoms with Crippen molar-refractivity contribution in [3.05, 3.63) is 53.9 Å². The van der Waals surface area contributed by atoms with Crippen molar-refractivity contribution in [2.24, 2.45) is 4.40 Å². The van der Waals surface area contributed by atoms with Gasteiger partial charge in [0.1, 0.15) is 4.90 Å². The summed E-state index contributed by atoms with van der Waals surface area (Å²) in [6.45, 7) is 2.20. The molecular formula is C14H12F2N4O2S. The predicted molar refractivity (Wildman–Crippen MR) is 80.5 cm³/mol. The van der Waals surface area contributed by atoms with E-state index in [1.807, 2.05) is 0 Å². The van der Waals surface area contributed by atoms with E-state index in [9.17, 15) is 17.2 Å². The fourth-order valence-corrected chi connectivity index (χ4v) is 3.40. The molecule has 9 heteroatoms. The summed E-state index contributed by atoms with van der Waals surface area (Å²) in [5.41, 5.74) is 3.35. The smallest absolute Gasteiger partial charge is 0.265 e. The van der Waals surface area contributed by atoms with E-state index in [4.69, 9.17) is 0 Å². The molecule has 3 rings (SSSR count). The van der Waals surface area contributed by atoms with E-state index in [0.717, 1.165) is 6.07 Å². The zero-order valence-corrected chi connectivity index (χ0v) is 12.8. The highest BCUT2D eigenvalue weighted by Gasteiger charge is 2.33. The van der Waals surface area contributed by atoms with Gasteiger partial charge in [0, 0.05) is 30.6 Å². The molecule has 0 amide bonds. The molecule has 0 bridgehead atoms. The van der Waals surface area contributed by atoms with Gasteiger partial charge in [0.25, 0.3) is 10.0 Å². The van der Waals surface area contributed by atoms with Crippen molar-refractivity contribution in [1.82, 2.24) is 10.4 Å². The van der Waals surface area contributed by atoms with Crippen LogP contribution in [0, 0.1) is 11.6 Å². The molecule has 0 aliphatic carbocycles. The van der Waals surface area contributed by atoms with Gasteiger partial charge < -0.3 is 0 Å². The summed E-state index contributed by atoms with van der Waals surface area (Å²) < 4.78 is 55.5. The summed E-state index contributed by atoms with van der Waals surface area (Å²) in [6, 6.07) is 4.62. The van der Waals surface area contributed by atoms with Gasteiger partial charge in [0.05, 0.1) is 5.69 Å². The van der Waals surface area contributed by atoms with Gasteiger partial charge >= 0.3 is 0 Å². The molecule has 2 aromatic rings. The number of aromatic nitrogens is 1. The van der Waals surface area contributed by atoms with Crippen LogP contribution in [0.5, 0.6) is 0 Å². The minimum atomic E-state index is -4.15. The van der Waals surface area contributed by atoms with Gasteiger partial charge in [-0.25, -0.2) is 14.2 Å². The number of amidine groups is 1. The topological polar surface area (TPSA) is 74.7 Å². The Hall–Kier alpha value is -2.39. The maximum atomic E-state index is 13.6. The number of nitrogens with zero attached hydrogens (tertiary/aromatic N) is 3. The van der Waals surface area contributed by atoms with Gasteiger partial charge in [-0.2, -0.15) is 8.42 Å². The first-order valence-corrected chi connectivity index (χ1v) is 8.16.